The molecule has 0 saturated heterocycles. The third-order valence-corrected chi connectivity index (χ3v) is 2.11. The predicted molar refractivity (Wildman–Crippen MR) is 63.9 cm³/mol. The van der Waals surface area contributed by atoms with Gasteiger partial charge in [-0.1, -0.05) is 0 Å². The molecule has 0 aromatic carbocycles. The third-order valence-electron chi connectivity index (χ3n) is 2.11. The summed E-state index contributed by atoms with van der Waals surface area (Å²) < 4.78 is 1.37. The van der Waals surface area contributed by atoms with E-state index in [-0.39, 0.29) is 24.5 Å². The molecule has 0 saturated carbocycles. The number of hydrogen-bond donors (Lipinski definition) is 3. The lowest BCUT2D eigenvalue weighted by Crippen LogP contribution is -2.36. The van der Waals surface area contributed by atoms with Crippen molar-refractivity contribution in [2.45, 2.75) is 19.4 Å². The fourth-order valence-electron chi connectivity index (χ4n) is 1.19. The molecule has 4 N–H and O–H groups in total. The highest BCUT2D eigenvalue weighted by molar-refractivity contribution is 5.36. The molecule has 2 aromatic heterocycles. The van der Waals surface area contributed by atoms with Crippen LogP contribution in [-0.4, -0.2) is 47.0 Å². The molecule has 18 heavy (non-hydrogen) atoms. The van der Waals surface area contributed by atoms with Gasteiger partial charge in [0.25, 0.3) is 5.95 Å². The lowest BCUT2D eigenvalue weighted by atomic mass is 10.1. The number of nitrogens with one attached hydrogen (secondary N) is 1. The summed E-state index contributed by atoms with van der Waals surface area (Å²) in [4.78, 5) is 15.8. The molecule has 0 aliphatic rings. The van der Waals surface area contributed by atoms with Crippen LogP contribution in [0.25, 0.3) is 5.95 Å². The maximum Gasteiger partial charge on any atom is 0.258 e. The van der Waals surface area contributed by atoms with Gasteiger partial charge in [0.2, 0.25) is 11.9 Å². The maximum atomic E-state index is 9.19. The van der Waals surface area contributed by atoms with Gasteiger partial charge in [0.1, 0.15) is 12.7 Å². The van der Waals surface area contributed by atoms with E-state index in [2.05, 4.69) is 30.4 Å². The van der Waals surface area contributed by atoms with Crippen molar-refractivity contribution >= 4 is 11.9 Å². The molecule has 96 valence electrons. The molecule has 0 unspecified atom stereocenters. The van der Waals surface area contributed by atoms with Gasteiger partial charge in [-0.25, -0.2) is 4.98 Å². The van der Waals surface area contributed by atoms with Gasteiger partial charge < -0.3 is 16.2 Å². The summed E-state index contributed by atoms with van der Waals surface area (Å²) in [7, 11) is 0. The molecule has 0 aliphatic carbocycles. The molecule has 0 atom stereocenters. The Morgan fingerprint density at radius 2 is 2.17 bits per heavy atom. The van der Waals surface area contributed by atoms with Crippen molar-refractivity contribution in [1.29, 1.82) is 0 Å². The van der Waals surface area contributed by atoms with Crippen molar-refractivity contribution in [2.75, 3.05) is 17.7 Å². The topological polar surface area (TPSA) is 128 Å². The van der Waals surface area contributed by atoms with E-state index in [1.165, 1.54) is 17.3 Å². The molecule has 9 heteroatoms. The first kappa shape index (κ1) is 12.2. The van der Waals surface area contributed by atoms with Crippen LogP contribution in [0, 0.1) is 0 Å². The van der Waals surface area contributed by atoms with Gasteiger partial charge in [-0.15, -0.1) is 0 Å². The van der Waals surface area contributed by atoms with Gasteiger partial charge in [-0.2, -0.15) is 24.7 Å². The zero-order valence-corrected chi connectivity index (χ0v) is 10.1. The molecule has 0 radical (unpaired) electrons. The number of hydrogen-bond acceptors (Lipinski definition) is 8. The summed E-state index contributed by atoms with van der Waals surface area (Å²) in [5, 5.41) is 16.0. The van der Waals surface area contributed by atoms with Crippen LogP contribution in [0.1, 0.15) is 13.8 Å². The van der Waals surface area contributed by atoms with Gasteiger partial charge in [-0.3, -0.25) is 0 Å². The van der Waals surface area contributed by atoms with E-state index in [9.17, 15) is 5.11 Å². The number of anilines is 2. The summed E-state index contributed by atoms with van der Waals surface area (Å²) in [6, 6.07) is 0. The summed E-state index contributed by atoms with van der Waals surface area (Å²) >= 11 is 0. The largest absolute Gasteiger partial charge is 0.394 e. The first-order chi connectivity index (χ1) is 8.50. The standard InChI is InChI=1S/C9H14N8O/c1-9(2,3-18)16-7-13-6(10)14-8(15-7)17-5-11-4-12-17/h4-5,18H,3H2,1-2H3,(H3,10,13,14,15,16). The van der Waals surface area contributed by atoms with Gasteiger partial charge >= 0.3 is 0 Å². The van der Waals surface area contributed by atoms with Gasteiger partial charge in [-0.05, 0) is 13.8 Å². The normalized spacial score (nSPS) is 11.5. The van der Waals surface area contributed by atoms with Gasteiger partial charge in [0.05, 0.1) is 12.1 Å². The smallest absolute Gasteiger partial charge is 0.258 e. The van der Waals surface area contributed by atoms with Crippen LogP contribution in [-0.2, 0) is 0 Å². The second kappa shape index (κ2) is 4.53. The van der Waals surface area contributed by atoms with Gasteiger partial charge in [0.15, 0.2) is 0 Å². The van der Waals surface area contributed by atoms with Crippen LogP contribution in [0.3, 0.4) is 0 Å². The van der Waals surface area contributed by atoms with Crippen LogP contribution in [0.4, 0.5) is 11.9 Å². The molecular weight excluding hydrogens is 236 g/mol. The van der Waals surface area contributed by atoms with Crippen molar-refractivity contribution in [3.63, 3.8) is 0 Å². The Labute approximate surface area is 103 Å². The number of aromatic nitrogens is 6. The quantitative estimate of drug-likeness (QED) is 0.644. The van der Waals surface area contributed by atoms with Crippen LogP contribution >= 0.6 is 0 Å². The Balaban J connectivity index is 2.33. The fourth-order valence-corrected chi connectivity index (χ4v) is 1.19. The third kappa shape index (κ3) is 2.69. The Kier molecular flexibility index (Phi) is 3.06. The monoisotopic (exact) mass is 250 g/mol. The van der Waals surface area contributed by atoms with E-state index in [0.29, 0.717) is 0 Å². The van der Waals surface area contributed by atoms with E-state index in [1.54, 1.807) is 0 Å². The first-order valence-electron chi connectivity index (χ1n) is 5.26. The van der Waals surface area contributed by atoms with Crippen LogP contribution in [0.2, 0.25) is 0 Å². The van der Waals surface area contributed by atoms with Crippen molar-refractivity contribution in [3.8, 4) is 5.95 Å². The Bertz CT molecular complexity index is 523. The van der Waals surface area contributed by atoms with E-state index < -0.39 is 5.54 Å². The number of nitrogens with two attached hydrogens (primary N) is 1. The van der Waals surface area contributed by atoms with E-state index in [0.717, 1.165) is 0 Å². The number of nitrogens with zero attached hydrogens (tertiary/aromatic N) is 6. The lowest BCUT2D eigenvalue weighted by molar-refractivity contribution is 0.233. The molecule has 9 nitrogen and oxygen atoms in total. The number of aliphatic hydroxyl groups excluding tert-OH is 1. The fraction of sp³-hybridized carbons (Fsp3) is 0.444. The predicted octanol–water partition coefficient (Wildman–Crippen LogP) is -0.783. The zero-order valence-electron chi connectivity index (χ0n) is 10.1. The summed E-state index contributed by atoms with van der Waals surface area (Å²) in [6.45, 7) is 3.54. The zero-order chi connectivity index (χ0) is 13.2. The van der Waals surface area contributed by atoms with Gasteiger partial charge in [0, 0.05) is 0 Å². The van der Waals surface area contributed by atoms with Crippen LogP contribution in [0.5, 0.6) is 0 Å². The molecule has 2 rings (SSSR count). The SMILES string of the molecule is CC(C)(CO)Nc1nc(N)nc(-n2cncn2)n1. The van der Waals surface area contributed by atoms with Crippen LogP contribution < -0.4 is 11.1 Å². The summed E-state index contributed by atoms with van der Waals surface area (Å²) in [5.74, 6) is 0.593. The van der Waals surface area contributed by atoms with E-state index in [4.69, 9.17) is 5.73 Å². The van der Waals surface area contributed by atoms with Crippen LogP contribution in [0.15, 0.2) is 12.7 Å². The maximum absolute atomic E-state index is 9.19. The summed E-state index contributed by atoms with van der Waals surface area (Å²) in [5.41, 5.74) is 5.04. The van der Waals surface area contributed by atoms with Crippen molar-refractivity contribution in [2.24, 2.45) is 0 Å². The second-order valence-electron chi connectivity index (χ2n) is 4.32. The molecule has 0 amide bonds. The van der Waals surface area contributed by atoms with Crippen molar-refractivity contribution in [3.05, 3.63) is 12.7 Å². The summed E-state index contributed by atoms with van der Waals surface area (Å²) in [6.07, 6.45) is 2.82. The lowest BCUT2D eigenvalue weighted by Gasteiger charge is -2.23. The molecular formula is C9H14N8O. The minimum absolute atomic E-state index is 0.0618. The molecule has 0 bridgehead atoms. The minimum Gasteiger partial charge on any atom is -0.394 e. The highest BCUT2D eigenvalue weighted by Crippen LogP contribution is 2.12. The second-order valence-corrected chi connectivity index (χ2v) is 4.32. The molecule has 2 heterocycles. The Morgan fingerprint density at radius 1 is 1.39 bits per heavy atom. The van der Waals surface area contributed by atoms with E-state index in [1.807, 2.05) is 13.8 Å². The number of nitrogen functional groups attached to an aromatic ring is 1. The average molecular weight is 250 g/mol. The molecule has 0 spiro atoms. The molecule has 2 aromatic rings. The average Bonchev–Trinajstić information content (AvgIpc) is 2.81. The number of aliphatic hydroxyl groups is 1. The molecule has 0 fully saturated rings. The Morgan fingerprint density at radius 3 is 2.78 bits per heavy atom. The Hall–Kier alpha value is -2.29. The van der Waals surface area contributed by atoms with Crippen molar-refractivity contribution in [1.82, 2.24) is 29.7 Å². The first-order valence-corrected chi connectivity index (χ1v) is 5.26. The van der Waals surface area contributed by atoms with Crippen molar-refractivity contribution < 1.29 is 5.11 Å². The highest BCUT2D eigenvalue weighted by Gasteiger charge is 2.18. The molecule has 0 aliphatic heterocycles. The number of rotatable bonds is 4. The van der Waals surface area contributed by atoms with E-state index >= 15 is 0 Å². The highest BCUT2D eigenvalue weighted by atomic mass is 16.3. The minimum atomic E-state index is -0.562.